The zero-order chi connectivity index (χ0) is 20.0. The molecular formula is C19H24N2O5S. The Bertz CT molecular complexity index is 758. The van der Waals surface area contributed by atoms with Crippen molar-refractivity contribution in [1.82, 2.24) is 4.90 Å². The number of hydrogen-bond acceptors (Lipinski definition) is 7. The third-order valence-corrected chi connectivity index (χ3v) is 5.01. The third kappa shape index (κ3) is 4.82. The number of hydrogen-bond donors (Lipinski definition) is 0. The molecule has 0 aliphatic carbocycles. The number of thioether (sulfide) groups is 1. The van der Waals surface area contributed by atoms with Gasteiger partial charge in [-0.25, -0.2) is 0 Å². The maximum absolute atomic E-state index is 12.5. The van der Waals surface area contributed by atoms with Crippen LogP contribution in [0.1, 0.15) is 26.3 Å². The fourth-order valence-electron chi connectivity index (χ4n) is 2.72. The minimum absolute atomic E-state index is 0.195. The Kier molecular flexibility index (Phi) is 7.29. The molecule has 1 aliphatic rings. The molecule has 0 saturated carbocycles. The summed E-state index contributed by atoms with van der Waals surface area (Å²) in [6, 6.07) is 5.71. The van der Waals surface area contributed by atoms with Gasteiger partial charge in [0.2, 0.25) is 0 Å². The highest BCUT2D eigenvalue weighted by atomic mass is 32.2. The standard InChI is InChI=1S/C19H24N2O5S/c1-5-20(6-2)14-9-8-13(15(11-14)25-4)10-16-18(23)21(19(24)27-16)12-17(22)26-7-3/h8-11H,5-7,12H2,1-4H3/b16-10+. The average molecular weight is 392 g/mol. The summed E-state index contributed by atoms with van der Waals surface area (Å²) >= 11 is 0.800. The third-order valence-electron chi connectivity index (χ3n) is 4.10. The molecule has 2 rings (SSSR count). The van der Waals surface area contributed by atoms with E-state index in [2.05, 4.69) is 18.7 Å². The number of rotatable bonds is 8. The molecule has 7 nitrogen and oxygen atoms in total. The van der Waals surface area contributed by atoms with Crippen molar-refractivity contribution in [2.75, 3.05) is 38.3 Å². The molecule has 1 aromatic rings. The highest BCUT2D eigenvalue weighted by Gasteiger charge is 2.36. The lowest BCUT2D eigenvalue weighted by Crippen LogP contribution is -2.34. The Morgan fingerprint density at radius 1 is 1.22 bits per heavy atom. The Morgan fingerprint density at radius 3 is 2.52 bits per heavy atom. The van der Waals surface area contributed by atoms with Crippen LogP contribution in [0.3, 0.4) is 0 Å². The number of anilines is 1. The molecule has 146 valence electrons. The molecule has 1 aliphatic heterocycles. The van der Waals surface area contributed by atoms with E-state index in [1.165, 1.54) is 0 Å². The van der Waals surface area contributed by atoms with Crippen molar-refractivity contribution in [2.24, 2.45) is 0 Å². The molecule has 0 unspecified atom stereocenters. The minimum atomic E-state index is -0.609. The molecule has 0 N–H and O–H groups in total. The van der Waals surface area contributed by atoms with E-state index in [1.807, 2.05) is 18.2 Å². The molecule has 1 fully saturated rings. The van der Waals surface area contributed by atoms with Crippen LogP contribution >= 0.6 is 11.8 Å². The number of nitrogens with zero attached hydrogens (tertiary/aromatic N) is 2. The van der Waals surface area contributed by atoms with E-state index < -0.39 is 17.1 Å². The number of carbonyl (C=O) groups excluding carboxylic acids is 3. The molecule has 2 amide bonds. The minimum Gasteiger partial charge on any atom is -0.496 e. The first-order chi connectivity index (χ1) is 12.9. The average Bonchev–Trinajstić information content (AvgIpc) is 2.91. The normalized spacial score (nSPS) is 15.4. The first-order valence-electron chi connectivity index (χ1n) is 8.79. The first kappa shape index (κ1) is 20.8. The van der Waals surface area contributed by atoms with Crippen molar-refractivity contribution in [3.8, 4) is 5.75 Å². The van der Waals surface area contributed by atoms with Gasteiger partial charge in [-0.2, -0.15) is 0 Å². The second kappa shape index (κ2) is 9.45. The van der Waals surface area contributed by atoms with Crippen molar-refractivity contribution in [3.05, 3.63) is 28.7 Å². The molecule has 0 bridgehead atoms. The summed E-state index contributed by atoms with van der Waals surface area (Å²) in [6.07, 6.45) is 1.61. The molecule has 1 aromatic carbocycles. The van der Waals surface area contributed by atoms with Crippen molar-refractivity contribution >= 4 is 40.6 Å². The van der Waals surface area contributed by atoms with Crippen LogP contribution in [-0.4, -0.2) is 55.4 Å². The quantitative estimate of drug-likeness (QED) is 0.497. The van der Waals surface area contributed by atoms with Crippen LogP contribution in [0.2, 0.25) is 0 Å². The Hall–Kier alpha value is -2.48. The van der Waals surface area contributed by atoms with E-state index >= 15 is 0 Å². The molecule has 27 heavy (non-hydrogen) atoms. The van der Waals surface area contributed by atoms with Crippen LogP contribution in [-0.2, 0) is 14.3 Å². The zero-order valence-corrected chi connectivity index (χ0v) is 16.8. The summed E-state index contributed by atoms with van der Waals surface area (Å²) in [5.41, 5.74) is 1.71. The lowest BCUT2D eigenvalue weighted by Gasteiger charge is -2.22. The number of methoxy groups -OCH3 is 1. The first-order valence-corrected chi connectivity index (χ1v) is 9.60. The maximum atomic E-state index is 12.5. The van der Waals surface area contributed by atoms with Gasteiger partial charge in [0.1, 0.15) is 12.3 Å². The molecular weight excluding hydrogens is 368 g/mol. The summed E-state index contributed by atoms with van der Waals surface area (Å²) in [4.78, 5) is 39.5. The largest absolute Gasteiger partial charge is 0.496 e. The zero-order valence-electron chi connectivity index (χ0n) is 16.0. The van der Waals surface area contributed by atoms with Crippen molar-refractivity contribution in [1.29, 1.82) is 0 Å². The highest BCUT2D eigenvalue weighted by Crippen LogP contribution is 2.35. The molecule has 8 heteroatoms. The predicted molar refractivity (Wildman–Crippen MR) is 106 cm³/mol. The lowest BCUT2D eigenvalue weighted by molar-refractivity contribution is -0.145. The maximum Gasteiger partial charge on any atom is 0.326 e. The van der Waals surface area contributed by atoms with E-state index in [1.54, 1.807) is 20.1 Å². The molecule has 0 aromatic heterocycles. The van der Waals surface area contributed by atoms with Crippen LogP contribution in [0.15, 0.2) is 23.1 Å². The molecule has 1 heterocycles. The van der Waals surface area contributed by atoms with Gasteiger partial charge in [-0.15, -0.1) is 0 Å². The number of imide groups is 1. The van der Waals surface area contributed by atoms with Gasteiger partial charge in [-0.1, -0.05) is 0 Å². The SMILES string of the molecule is CCOC(=O)CN1C(=O)S/C(=C/c2ccc(N(CC)CC)cc2OC)C1=O. The van der Waals surface area contributed by atoms with Gasteiger partial charge in [-0.3, -0.25) is 19.3 Å². The summed E-state index contributed by atoms with van der Waals surface area (Å²) in [5.74, 6) is -0.508. The van der Waals surface area contributed by atoms with Crippen LogP contribution in [0, 0.1) is 0 Å². The predicted octanol–water partition coefficient (Wildman–Crippen LogP) is 3.14. The van der Waals surface area contributed by atoms with E-state index in [4.69, 9.17) is 9.47 Å². The number of ether oxygens (including phenoxy) is 2. The van der Waals surface area contributed by atoms with Crippen molar-refractivity contribution in [3.63, 3.8) is 0 Å². The van der Waals surface area contributed by atoms with Crippen LogP contribution in [0.4, 0.5) is 10.5 Å². The molecule has 1 saturated heterocycles. The Labute approximate surface area is 163 Å². The van der Waals surface area contributed by atoms with Crippen LogP contribution in [0.5, 0.6) is 5.75 Å². The molecule has 0 spiro atoms. The second-order valence-corrected chi connectivity index (χ2v) is 6.66. The monoisotopic (exact) mass is 392 g/mol. The fourth-order valence-corrected chi connectivity index (χ4v) is 3.55. The van der Waals surface area contributed by atoms with E-state index in [-0.39, 0.29) is 18.1 Å². The number of esters is 1. The Balaban J connectivity index is 2.26. The molecule has 0 atom stereocenters. The summed E-state index contributed by atoms with van der Waals surface area (Å²) in [7, 11) is 1.56. The van der Waals surface area contributed by atoms with Crippen LogP contribution in [0.25, 0.3) is 6.08 Å². The van der Waals surface area contributed by atoms with Crippen molar-refractivity contribution in [2.45, 2.75) is 20.8 Å². The summed E-state index contributed by atoms with van der Waals surface area (Å²) in [6.45, 7) is 7.36. The van der Waals surface area contributed by atoms with E-state index in [0.717, 1.165) is 35.4 Å². The topological polar surface area (TPSA) is 76.2 Å². The van der Waals surface area contributed by atoms with Crippen LogP contribution < -0.4 is 9.64 Å². The van der Waals surface area contributed by atoms with E-state index in [9.17, 15) is 14.4 Å². The number of benzene rings is 1. The van der Waals surface area contributed by atoms with Gasteiger partial charge in [-0.05, 0) is 50.7 Å². The van der Waals surface area contributed by atoms with E-state index in [0.29, 0.717) is 11.3 Å². The van der Waals surface area contributed by atoms with Gasteiger partial charge in [0, 0.05) is 30.4 Å². The van der Waals surface area contributed by atoms with Crippen molar-refractivity contribution < 1.29 is 23.9 Å². The van der Waals surface area contributed by atoms with Gasteiger partial charge in [0.05, 0.1) is 18.6 Å². The summed E-state index contributed by atoms with van der Waals surface area (Å²) in [5, 5.41) is -0.488. The second-order valence-electron chi connectivity index (χ2n) is 5.67. The molecule has 0 radical (unpaired) electrons. The van der Waals surface area contributed by atoms with Gasteiger partial charge in [0.15, 0.2) is 0 Å². The summed E-state index contributed by atoms with van der Waals surface area (Å²) < 4.78 is 10.3. The number of carbonyl (C=O) groups is 3. The van der Waals surface area contributed by atoms with Gasteiger partial charge < -0.3 is 14.4 Å². The van der Waals surface area contributed by atoms with Gasteiger partial charge in [0.25, 0.3) is 11.1 Å². The smallest absolute Gasteiger partial charge is 0.326 e. The van der Waals surface area contributed by atoms with Gasteiger partial charge >= 0.3 is 5.97 Å². The Morgan fingerprint density at radius 2 is 1.93 bits per heavy atom. The fraction of sp³-hybridized carbons (Fsp3) is 0.421. The number of amides is 2. The highest BCUT2D eigenvalue weighted by molar-refractivity contribution is 8.18. The lowest BCUT2D eigenvalue weighted by atomic mass is 10.1.